The largest absolute Gasteiger partial charge is 0.369 e. The van der Waals surface area contributed by atoms with Crippen LogP contribution in [0.5, 0.6) is 0 Å². The van der Waals surface area contributed by atoms with Gasteiger partial charge in [-0.3, -0.25) is 0 Å². The first-order chi connectivity index (χ1) is 11.7. The predicted molar refractivity (Wildman–Crippen MR) is 95.2 cm³/mol. The van der Waals surface area contributed by atoms with Crippen molar-refractivity contribution in [3.63, 3.8) is 0 Å². The molecule has 6 nitrogen and oxygen atoms in total. The van der Waals surface area contributed by atoms with Gasteiger partial charge in [-0.25, -0.2) is 9.78 Å². The first-order valence-corrected chi connectivity index (χ1v) is 8.54. The Bertz CT molecular complexity index is 654. The summed E-state index contributed by atoms with van der Waals surface area (Å²) in [6, 6.07) is 10.5. The van der Waals surface area contributed by atoms with E-state index in [9.17, 15) is 4.79 Å². The Hall–Kier alpha value is -2.50. The fourth-order valence-electron chi connectivity index (χ4n) is 3.08. The highest BCUT2D eigenvalue weighted by atomic mass is 16.2. The maximum atomic E-state index is 12.0. The number of anilines is 1. The number of imidazole rings is 1. The fourth-order valence-corrected chi connectivity index (χ4v) is 3.08. The zero-order valence-electron chi connectivity index (χ0n) is 14.1. The highest BCUT2D eigenvalue weighted by Crippen LogP contribution is 2.19. The average Bonchev–Trinajstić information content (AvgIpc) is 3.22. The van der Waals surface area contributed by atoms with Gasteiger partial charge in [0, 0.05) is 50.3 Å². The van der Waals surface area contributed by atoms with Crippen LogP contribution in [0.2, 0.25) is 0 Å². The number of carbonyl (C=O) groups excluding carboxylic acids is 1. The third-order valence-electron chi connectivity index (χ3n) is 4.43. The van der Waals surface area contributed by atoms with E-state index >= 15 is 0 Å². The second-order valence-corrected chi connectivity index (χ2v) is 6.19. The molecule has 2 aromatic rings. The van der Waals surface area contributed by atoms with Gasteiger partial charge < -0.3 is 20.1 Å². The van der Waals surface area contributed by atoms with Crippen molar-refractivity contribution in [1.82, 2.24) is 20.2 Å². The molecule has 1 aliphatic heterocycles. The fraction of sp³-hybridized carbons (Fsp3) is 0.444. The summed E-state index contributed by atoms with van der Waals surface area (Å²) in [6.45, 7) is 5.37. The number of rotatable bonds is 6. The van der Waals surface area contributed by atoms with E-state index in [1.807, 2.05) is 31.3 Å². The molecule has 1 aromatic heterocycles. The molecule has 0 radical (unpaired) electrons. The van der Waals surface area contributed by atoms with Crippen LogP contribution >= 0.6 is 0 Å². The molecule has 24 heavy (non-hydrogen) atoms. The molecule has 1 aliphatic rings. The number of amides is 2. The standard InChI is InChI=1S/C18H25N5O/c1-15-19-10-13-22(15)11-5-9-20-18(24)21-16-8-12-23(14-16)17-6-3-2-4-7-17/h2-4,6-7,10,13,16H,5,8-9,11-12,14H2,1H3,(H2,20,21,24)/t16-/m0/s1. The molecule has 1 aromatic carbocycles. The van der Waals surface area contributed by atoms with Gasteiger partial charge in [0.15, 0.2) is 0 Å². The van der Waals surface area contributed by atoms with Crippen molar-refractivity contribution in [1.29, 1.82) is 0 Å². The van der Waals surface area contributed by atoms with Crippen molar-refractivity contribution in [3.8, 4) is 0 Å². The van der Waals surface area contributed by atoms with Crippen LogP contribution < -0.4 is 15.5 Å². The molecule has 0 unspecified atom stereocenters. The molecule has 3 rings (SSSR count). The monoisotopic (exact) mass is 327 g/mol. The minimum atomic E-state index is -0.0720. The molecular formula is C18H25N5O. The molecule has 1 fully saturated rings. The number of nitrogens with one attached hydrogen (secondary N) is 2. The lowest BCUT2D eigenvalue weighted by atomic mass is 10.3. The molecule has 0 aliphatic carbocycles. The molecule has 128 valence electrons. The van der Waals surface area contributed by atoms with E-state index in [1.54, 1.807) is 6.20 Å². The van der Waals surface area contributed by atoms with Crippen LogP contribution in [0, 0.1) is 6.92 Å². The van der Waals surface area contributed by atoms with Crippen LogP contribution in [0.4, 0.5) is 10.5 Å². The van der Waals surface area contributed by atoms with Gasteiger partial charge in [0.25, 0.3) is 0 Å². The number of para-hydroxylation sites is 1. The number of hydrogen-bond donors (Lipinski definition) is 2. The van der Waals surface area contributed by atoms with Crippen LogP contribution in [0.1, 0.15) is 18.7 Å². The summed E-state index contributed by atoms with van der Waals surface area (Å²) in [5, 5.41) is 6.02. The zero-order valence-corrected chi connectivity index (χ0v) is 14.1. The SMILES string of the molecule is Cc1nccn1CCCNC(=O)N[C@H]1CCN(c2ccccc2)C1. The molecule has 0 saturated carbocycles. The normalized spacial score (nSPS) is 17.0. The molecule has 2 N–H and O–H groups in total. The quantitative estimate of drug-likeness (QED) is 0.799. The Kier molecular flexibility index (Phi) is 5.36. The lowest BCUT2D eigenvalue weighted by Gasteiger charge is -2.19. The van der Waals surface area contributed by atoms with Crippen molar-refractivity contribution in [2.24, 2.45) is 0 Å². The summed E-state index contributed by atoms with van der Waals surface area (Å²) < 4.78 is 2.09. The van der Waals surface area contributed by atoms with Gasteiger partial charge in [0.05, 0.1) is 0 Å². The molecule has 1 saturated heterocycles. The van der Waals surface area contributed by atoms with E-state index < -0.39 is 0 Å². The number of nitrogens with zero attached hydrogens (tertiary/aromatic N) is 3. The third-order valence-corrected chi connectivity index (χ3v) is 4.43. The van der Waals surface area contributed by atoms with E-state index in [1.165, 1.54) is 5.69 Å². The van der Waals surface area contributed by atoms with Gasteiger partial charge in [-0.15, -0.1) is 0 Å². The van der Waals surface area contributed by atoms with Crippen LogP contribution in [-0.2, 0) is 6.54 Å². The van der Waals surface area contributed by atoms with Gasteiger partial charge in [0.2, 0.25) is 0 Å². The van der Waals surface area contributed by atoms with Crippen molar-refractivity contribution in [2.45, 2.75) is 32.4 Å². The number of hydrogen-bond acceptors (Lipinski definition) is 3. The molecular weight excluding hydrogens is 302 g/mol. The summed E-state index contributed by atoms with van der Waals surface area (Å²) in [5.74, 6) is 1.01. The Labute approximate surface area is 142 Å². The number of carbonyl (C=O) groups is 1. The maximum Gasteiger partial charge on any atom is 0.315 e. The van der Waals surface area contributed by atoms with E-state index in [2.05, 4.69) is 37.2 Å². The molecule has 1 atom stereocenters. The van der Waals surface area contributed by atoms with Crippen molar-refractivity contribution >= 4 is 11.7 Å². The van der Waals surface area contributed by atoms with Crippen molar-refractivity contribution in [3.05, 3.63) is 48.5 Å². The van der Waals surface area contributed by atoms with E-state index in [4.69, 9.17) is 0 Å². The highest BCUT2D eigenvalue weighted by molar-refractivity contribution is 5.74. The van der Waals surface area contributed by atoms with Crippen LogP contribution in [0.25, 0.3) is 0 Å². The summed E-state index contributed by atoms with van der Waals surface area (Å²) in [4.78, 5) is 18.5. The van der Waals surface area contributed by atoms with E-state index in [0.717, 1.165) is 38.3 Å². The van der Waals surface area contributed by atoms with Crippen LogP contribution in [-0.4, -0.2) is 41.3 Å². The first kappa shape index (κ1) is 16.4. The van der Waals surface area contributed by atoms with E-state index in [0.29, 0.717) is 6.54 Å². The smallest absolute Gasteiger partial charge is 0.315 e. The molecule has 2 amide bonds. The first-order valence-electron chi connectivity index (χ1n) is 8.54. The summed E-state index contributed by atoms with van der Waals surface area (Å²) in [5.41, 5.74) is 1.22. The van der Waals surface area contributed by atoms with Crippen LogP contribution in [0.15, 0.2) is 42.7 Å². The van der Waals surface area contributed by atoms with E-state index in [-0.39, 0.29) is 12.1 Å². The third kappa shape index (κ3) is 4.28. The summed E-state index contributed by atoms with van der Waals surface area (Å²) in [6.07, 6.45) is 5.64. The Morgan fingerprint density at radius 1 is 1.33 bits per heavy atom. The topological polar surface area (TPSA) is 62.2 Å². The second-order valence-electron chi connectivity index (χ2n) is 6.19. The number of benzene rings is 1. The molecule has 0 spiro atoms. The minimum absolute atomic E-state index is 0.0720. The Morgan fingerprint density at radius 3 is 2.92 bits per heavy atom. The Balaban J connectivity index is 1.35. The molecule has 0 bridgehead atoms. The van der Waals surface area contributed by atoms with Gasteiger partial charge in [0.1, 0.15) is 5.82 Å². The van der Waals surface area contributed by atoms with Crippen molar-refractivity contribution < 1.29 is 4.79 Å². The molecule has 6 heteroatoms. The lowest BCUT2D eigenvalue weighted by Crippen LogP contribution is -2.43. The second kappa shape index (κ2) is 7.86. The summed E-state index contributed by atoms with van der Waals surface area (Å²) >= 11 is 0. The number of aryl methyl sites for hydroxylation is 2. The van der Waals surface area contributed by atoms with Gasteiger partial charge >= 0.3 is 6.03 Å². The van der Waals surface area contributed by atoms with Crippen molar-refractivity contribution in [2.75, 3.05) is 24.5 Å². The van der Waals surface area contributed by atoms with Gasteiger partial charge in [-0.2, -0.15) is 0 Å². The van der Waals surface area contributed by atoms with Crippen LogP contribution in [0.3, 0.4) is 0 Å². The maximum absolute atomic E-state index is 12.0. The Morgan fingerprint density at radius 2 is 2.17 bits per heavy atom. The van der Waals surface area contributed by atoms with Gasteiger partial charge in [-0.1, -0.05) is 18.2 Å². The zero-order chi connectivity index (χ0) is 16.8. The number of aromatic nitrogens is 2. The highest BCUT2D eigenvalue weighted by Gasteiger charge is 2.23. The lowest BCUT2D eigenvalue weighted by molar-refractivity contribution is 0.237. The predicted octanol–water partition coefficient (Wildman–Crippen LogP) is 2.16. The average molecular weight is 327 g/mol. The molecule has 2 heterocycles. The number of urea groups is 1. The summed E-state index contributed by atoms with van der Waals surface area (Å²) in [7, 11) is 0. The van der Waals surface area contributed by atoms with Gasteiger partial charge in [-0.05, 0) is 31.9 Å². The minimum Gasteiger partial charge on any atom is -0.369 e.